The maximum absolute atomic E-state index is 4.88. The number of aliphatic imine (C=N–C) groups is 1. The van der Waals surface area contributed by atoms with E-state index in [1.807, 2.05) is 6.92 Å². The van der Waals surface area contributed by atoms with Gasteiger partial charge in [0.25, 0.3) is 0 Å². The van der Waals surface area contributed by atoms with E-state index in [-0.39, 0.29) is 0 Å². The van der Waals surface area contributed by atoms with Crippen molar-refractivity contribution in [1.29, 1.82) is 0 Å². The fraction of sp³-hybridized carbons (Fsp3) is 0.812. The van der Waals surface area contributed by atoms with Gasteiger partial charge < -0.3 is 5.32 Å². The third-order valence-electron chi connectivity index (χ3n) is 4.11. The molecule has 1 aromatic heterocycles. The van der Waals surface area contributed by atoms with Gasteiger partial charge in [-0.05, 0) is 49.6 Å². The summed E-state index contributed by atoms with van der Waals surface area (Å²) in [5.74, 6) is 2.48. The van der Waals surface area contributed by atoms with E-state index in [1.165, 1.54) is 43.6 Å². The molecule has 21 heavy (non-hydrogen) atoms. The van der Waals surface area contributed by atoms with Gasteiger partial charge in [-0.15, -0.1) is 5.10 Å². The summed E-state index contributed by atoms with van der Waals surface area (Å²) in [5, 5.41) is 7.64. The zero-order valence-electron chi connectivity index (χ0n) is 13.6. The lowest BCUT2D eigenvalue weighted by molar-refractivity contribution is 0.367. The lowest BCUT2D eigenvalue weighted by Gasteiger charge is -2.20. The minimum Gasteiger partial charge on any atom is -0.369 e. The molecule has 0 aromatic carbocycles. The molecular formula is C16H28N4S. The maximum atomic E-state index is 4.88. The molecule has 0 spiro atoms. The largest absolute Gasteiger partial charge is 0.369 e. The molecule has 0 bridgehead atoms. The molecule has 1 aliphatic rings. The van der Waals surface area contributed by atoms with Gasteiger partial charge in [-0.1, -0.05) is 37.6 Å². The van der Waals surface area contributed by atoms with Crippen LogP contribution in [0.1, 0.15) is 62.9 Å². The fourth-order valence-corrected chi connectivity index (χ4v) is 3.37. The van der Waals surface area contributed by atoms with Crippen molar-refractivity contribution in [3.63, 3.8) is 0 Å². The maximum Gasteiger partial charge on any atom is 0.142 e. The zero-order valence-corrected chi connectivity index (χ0v) is 14.4. The van der Waals surface area contributed by atoms with Crippen molar-refractivity contribution in [2.75, 3.05) is 13.1 Å². The average Bonchev–Trinajstić information content (AvgIpc) is 2.89. The SMILES string of the molecule is Cc1nnsc1C(=NCC1CCCCC1)NCCC(C)C. The van der Waals surface area contributed by atoms with Gasteiger partial charge >= 0.3 is 0 Å². The molecule has 0 unspecified atom stereocenters. The number of rotatable bonds is 6. The topological polar surface area (TPSA) is 50.2 Å². The summed E-state index contributed by atoms with van der Waals surface area (Å²) in [6.45, 7) is 8.43. The third kappa shape index (κ3) is 5.38. The van der Waals surface area contributed by atoms with Gasteiger partial charge in [0.1, 0.15) is 10.7 Å². The van der Waals surface area contributed by atoms with Gasteiger partial charge in [-0.2, -0.15) is 0 Å². The van der Waals surface area contributed by atoms with Gasteiger partial charge in [0.15, 0.2) is 0 Å². The summed E-state index contributed by atoms with van der Waals surface area (Å²) in [4.78, 5) is 5.99. The molecule has 0 saturated heterocycles. The van der Waals surface area contributed by atoms with Crippen LogP contribution in [0, 0.1) is 18.8 Å². The number of nitrogens with one attached hydrogen (secondary N) is 1. The van der Waals surface area contributed by atoms with Crippen LogP contribution in [0.25, 0.3) is 0 Å². The van der Waals surface area contributed by atoms with E-state index >= 15 is 0 Å². The summed E-state index contributed by atoms with van der Waals surface area (Å²) < 4.78 is 4.05. The Bertz CT molecular complexity index is 447. The van der Waals surface area contributed by atoms with E-state index in [4.69, 9.17) is 4.99 Å². The summed E-state index contributed by atoms with van der Waals surface area (Å²) in [5.41, 5.74) is 0.986. The van der Waals surface area contributed by atoms with E-state index < -0.39 is 0 Å². The van der Waals surface area contributed by atoms with Crippen LogP contribution in [0.4, 0.5) is 0 Å². The van der Waals surface area contributed by atoms with Crippen LogP contribution in [0.15, 0.2) is 4.99 Å². The summed E-state index contributed by atoms with van der Waals surface area (Å²) >= 11 is 1.45. The number of hydrogen-bond donors (Lipinski definition) is 1. The van der Waals surface area contributed by atoms with E-state index in [1.54, 1.807) is 0 Å². The molecule has 1 aromatic rings. The highest BCUT2D eigenvalue weighted by Gasteiger charge is 2.15. The lowest BCUT2D eigenvalue weighted by atomic mass is 9.89. The minimum absolute atomic E-state index is 0.706. The second-order valence-corrected chi connectivity index (χ2v) is 7.24. The minimum atomic E-state index is 0.706. The van der Waals surface area contributed by atoms with Crippen LogP contribution in [0.5, 0.6) is 0 Å². The first-order valence-electron chi connectivity index (χ1n) is 8.24. The molecule has 0 radical (unpaired) electrons. The molecule has 1 aliphatic carbocycles. The predicted molar refractivity (Wildman–Crippen MR) is 90.1 cm³/mol. The van der Waals surface area contributed by atoms with E-state index in [9.17, 15) is 0 Å². The summed E-state index contributed by atoms with van der Waals surface area (Å²) in [7, 11) is 0. The Morgan fingerprint density at radius 1 is 1.33 bits per heavy atom. The number of hydrogen-bond acceptors (Lipinski definition) is 4. The molecule has 1 saturated carbocycles. The molecular weight excluding hydrogens is 280 g/mol. The van der Waals surface area contributed by atoms with Gasteiger partial charge in [-0.25, -0.2) is 0 Å². The number of amidine groups is 1. The number of aryl methyl sites for hydroxylation is 1. The molecule has 0 atom stereocenters. The van der Waals surface area contributed by atoms with Gasteiger partial charge in [0.2, 0.25) is 0 Å². The van der Waals surface area contributed by atoms with Crippen LogP contribution in [0.2, 0.25) is 0 Å². The normalized spacial score (nSPS) is 17.4. The lowest BCUT2D eigenvalue weighted by Crippen LogP contribution is -2.27. The molecule has 5 heteroatoms. The quantitative estimate of drug-likeness (QED) is 0.642. The molecule has 118 valence electrons. The highest BCUT2D eigenvalue weighted by Crippen LogP contribution is 2.24. The predicted octanol–water partition coefficient (Wildman–Crippen LogP) is 3.81. The van der Waals surface area contributed by atoms with Gasteiger partial charge in [0.05, 0.1) is 5.69 Å². The smallest absolute Gasteiger partial charge is 0.142 e. The standard InChI is InChI=1S/C16H28N4S/c1-12(2)9-10-17-16(15-13(3)19-20-21-15)18-11-14-7-5-4-6-8-14/h12,14H,4-11H2,1-3H3,(H,17,18). The third-order valence-corrected chi connectivity index (χ3v) is 4.95. The van der Waals surface area contributed by atoms with E-state index in [0.717, 1.165) is 41.8 Å². The second-order valence-electron chi connectivity index (χ2n) is 6.49. The van der Waals surface area contributed by atoms with Crippen molar-refractivity contribution >= 4 is 17.4 Å². The first-order valence-corrected chi connectivity index (χ1v) is 9.01. The molecule has 0 aliphatic heterocycles. The van der Waals surface area contributed by atoms with Crippen molar-refractivity contribution in [1.82, 2.24) is 14.9 Å². The summed E-state index contributed by atoms with van der Waals surface area (Å²) in [6.07, 6.45) is 7.98. The van der Waals surface area contributed by atoms with E-state index in [2.05, 4.69) is 28.8 Å². The first kappa shape index (κ1) is 16.4. The Labute approximate surface area is 132 Å². The average molecular weight is 308 g/mol. The monoisotopic (exact) mass is 308 g/mol. The molecule has 2 rings (SSSR count). The fourth-order valence-electron chi connectivity index (χ4n) is 2.73. The van der Waals surface area contributed by atoms with Crippen LogP contribution in [-0.2, 0) is 0 Å². The number of aromatic nitrogens is 2. The molecule has 1 N–H and O–H groups in total. The van der Waals surface area contributed by atoms with Gasteiger partial charge in [-0.3, -0.25) is 4.99 Å². The molecule has 1 fully saturated rings. The second kappa shape index (κ2) is 8.47. The Kier molecular flexibility index (Phi) is 6.61. The Balaban J connectivity index is 1.98. The number of nitrogens with zero attached hydrogens (tertiary/aromatic N) is 3. The molecule has 1 heterocycles. The molecule has 0 amide bonds. The van der Waals surface area contributed by atoms with Crippen molar-refractivity contribution in [2.24, 2.45) is 16.8 Å². The van der Waals surface area contributed by atoms with Crippen LogP contribution < -0.4 is 5.32 Å². The van der Waals surface area contributed by atoms with Crippen molar-refractivity contribution in [3.8, 4) is 0 Å². The molecule has 4 nitrogen and oxygen atoms in total. The Morgan fingerprint density at radius 3 is 2.71 bits per heavy atom. The van der Waals surface area contributed by atoms with Crippen molar-refractivity contribution in [2.45, 2.75) is 59.3 Å². The highest BCUT2D eigenvalue weighted by atomic mass is 32.1. The van der Waals surface area contributed by atoms with E-state index in [0.29, 0.717) is 5.92 Å². The van der Waals surface area contributed by atoms with Crippen molar-refractivity contribution < 1.29 is 0 Å². The summed E-state index contributed by atoms with van der Waals surface area (Å²) in [6, 6.07) is 0. The Morgan fingerprint density at radius 2 is 2.10 bits per heavy atom. The highest BCUT2D eigenvalue weighted by molar-refractivity contribution is 7.08. The van der Waals surface area contributed by atoms with Crippen LogP contribution in [-0.4, -0.2) is 28.5 Å². The first-order chi connectivity index (χ1) is 10.2. The Hall–Kier alpha value is -0.970. The van der Waals surface area contributed by atoms with Crippen molar-refractivity contribution in [3.05, 3.63) is 10.6 Å². The van der Waals surface area contributed by atoms with Crippen LogP contribution in [0.3, 0.4) is 0 Å². The van der Waals surface area contributed by atoms with Gasteiger partial charge in [0, 0.05) is 13.1 Å². The zero-order chi connectivity index (χ0) is 15.1. The van der Waals surface area contributed by atoms with Crippen LogP contribution >= 0.6 is 11.5 Å².